The maximum atomic E-state index is 12.1. The molecule has 0 spiro atoms. The number of hydrogen-bond donors (Lipinski definition) is 1. The molecule has 0 aromatic rings. The van der Waals surface area contributed by atoms with Crippen molar-refractivity contribution < 1.29 is 4.79 Å². The van der Waals surface area contributed by atoms with Crippen LogP contribution in [0.2, 0.25) is 0 Å². The summed E-state index contributed by atoms with van der Waals surface area (Å²) in [6.45, 7) is 10.2. The Kier molecular flexibility index (Phi) is 10.8. The molecule has 0 aliphatic heterocycles. The molecule has 0 aliphatic carbocycles. The lowest BCUT2D eigenvalue weighted by molar-refractivity contribution is -0.123. The van der Waals surface area contributed by atoms with Crippen LogP contribution in [0.1, 0.15) is 79.1 Å². The molecule has 0 aromatic carbocycles. The van der Waals surface area contributed by atoms with E-state index in [2.05, 4.69) is 33.0 Å². The highest BCUT2D eigenvalue weighted by Gasteiger charge is 2.25. The van der Waals surface area contributed by atoms with Crippen molar-refractivity contribution in [2.24, 2.45) is 0 Å². The maximum Gasteiger partial charge on any atom is 0.234 e. The Morgan fingerprint density at radius 2 is 1.60 bits per heavy atom. The number of likely N-dealkylation sites (N-methyl/N-ethyl adjacent to an activating group) is 1. The van der Waals surface area contributed by atoms with E-state index in [-0.39, 0.29) is 11.4 Å². The van der Waals surface area contributed by atoms with Gasteiger partial charge in [0.05, 0.1) is 6.54 Å². The predicted molar refractivity (Wildman–Crippen MR) is 88.0 cm³/mol. The van der Waals surface area contributed by atoms with Gasteiger partial charge in [-0.1, -0.05) is 59.3 Å². The summed E-state index contributed by atoms with van der Waals surface area (Å²) >= 11 is 0. The van der Waals surface area contributed by atoms with Gasteiger partial charge >= 0.3 is 0 Å². The van der Waals surface area contributed by atoms with Gasteiger partial charge in [-0.25, -0.2) is 0 Å². The van der Waals surface area contributed by atoms with Crippen LogP contribution in [0.25, 0.3) is 0 Å². The molecule has 0 rings (SSSR count). The van der Waals surface area contributed by atoms with E-state index in [0.29, 0.717) is 6.54 Å². The van der Waals surface area contributed by atoms with Crippen molar-refractivity contribution in [1.82, 2.24) is 10.2 Å². The Bertz CT molecular complexity index is 255. The van der Waals surface area contributed by atoms with Crippen LogP contribution >= 0.6 is 0 Å². The summed E-state index contributed by atoms with van der Waals surface area (Å²) in [6.07, 6.45) is 9.64. The number of amides is 1. The molecule has 0 saturated carbocycles. The van der Waals surface area contributed by atoms with Gasteiger partial charge in [-0.2, -0.15) is 0 Å². The molecule has 0 fully saturated rings. The molecular formula is C17H36N2O. The Hall–Kier alpha value is -0.570. The highest BCUT2D eigenvalue weighted by Crippen LogP contribution is 2.22. The van der Waals surface area contributed by atoms with Crippen molar-refractivity contribution in [3.05, 3.63) is 0 Å². The first kappa shape index (κ1) is 19.4. The first-order valence-electron chi connectivity index (χ1n) is 8.47. The van der Waals surface area contributed by atoms with Gasteiger partial charge in [0.1, 0.15) is 0 Å². The summed E-state index contributed by atoms with van der Waals surface area (Å²) in [5.74, 6) is 0.170. The van der Waals surface area contributed by atoms with E-state index < -0.39 is 0 Å². The summed E-state index contributed by atoms with van der Waals surface area (Å²) in [6, 6.07) is 0. The number of nitrogens with zero attached hydrogens (tertiary/aromatic N) is 1. The fourth-order valence-electron chi connectivity index (χ4n) is 2.49. The molecular weight excluding hydrogens is 248 g/mol. The Morgan fingerprint density at radius 3 is 2.15 bits per heavy atom. The molecule has 1 atom stereocenters. The standard InChI is InChI=1S/C17H36N2O/c1-6-9-11-12-14-17(4,13-10-7-2)18-16(20)15-19(5)8-3/h6-15H2,1-5H3,(H,18,20). The monoisotopic (exact) mass is 284 g/mol. The fraction of sp³-hybridized carbons (Fsp3) is 0.941. The Labute approximate surface area is 126 Å². The molecule has 1 N–H and O–H groups in total. The molecule has 20 heavy (non-hydrogen) atoms. The average molecular weight is 284 g/mol. The highest BCUT2D eigenvalue weighted by molar-refractivity contribution is 5.78. The van der Waals surface area contributed by atoms with E-state index in [0.717, 1.165) is 19.4 Å². The van der Waals surface area contributed by atoms with Crippen LogP contribution in [-0.2, 0) is 4.79 Å². The van der Waals surface area contributed by atoms with Crippen molar-refractivity contribution in [3.63, 3.8) is 0 Å². The van der Waals surface area contributed by atoms with Gasteiger partial charge in [0.25, 0.3) is 0 Å². The third-order valence-corrected chi connectivity index (χ3v) is 4.06. The Morgan fingerprint density at radius 1 is 1.00 bits per heavy atom. The average Bonchev–Trinajstić information content (AvgIpc) is 2.41. The van der Waals surface area contributed by atoms with Gasteiger partial charge in [-0.3, -0.25) is 9.69 Å². The van der Waals surface area contributed by atoms with Crippen LogP contribution in [0.5, 0.6) is 0 Å². The van der Waals surface area contributed by atoms with Crippen LogP contribution in [0.15, 0.2) is 0 Å². The molecule has 3 heteroatoms. The minimum atomic E-state index is -0.0184. The van der Waals surface area contributed by atoms with Crippen LogP contribution in [-0.4, -0.2) is 36.5 Å². The topological polar surface area (TPSA) is 32.3 Å². The van der Waals surface area contributed by atoms with E-state index in [1.165, 1.54) is 38.5 Å². The van der Waals surface area contributed by atoms with Crippen LogP contribution in [0.4, 0.5) is 0 Å². The molecule has 0 heterocycles. The second kappa shape index (κ2) is 11.1. The number of nitrogens with one attached hydrogen (secondary N) is 1. The molecule has 1 amide bonds. The van der Waals surface area contributed by atoms with E-state index >= 15 is 0 Å². The van der Waals surface area contributed by atoms with Crippen LogP contribution < -0.4 is 5.32 Å². The van der Waals surface area contributed by atoms with Crippen molar-refractivity contribution in [2.75, 3.05) is 20.1 Å². The molecule has 0 aliphatic rings. The van der Waals surface area contributed by atoms with E-state index in [9.17, 15) is 4.79 Å². The van der Waals surface area contributed by atoms with Crippen LogP contribution in [0, 0.1) is 0 Å². The Balaban J connectivity index is 4.32. The molecule has 0 aromatic heterocycles. The lowest BCUT2D eigenvalue weighted by atomic mass is 9.88. The number of carbonyl (C=O) groups is 1. The van der Waals surface area contributed by atoms with Crippen LogP contribution in [0.3, 0.4) is 0 Å². The van der Waals surface area contributed by atoms with E-state index in [1.807, 2.05) is 11.9 Å². The van der Waals surface area contributed by atoms with Crippen molar-refractivity contribution >= 4 is 5.91 Å². The zero-order chi connectivity index (χ0) is 15.4. The smallest absolute Gasteiger partial charge is 0.234 e. The summed E-state index contributed by atoms with van der Waals surface area (Å²) in [5, 5.41) is 3.29. The zero-order valence-electron chi connectivity index (χ0n) is 14.4. The maximum absolute atomic E-state index is 12.1. The summed E-state index contributed by atoms with van der Waals surface area (Å²) < 4.78 is 0. The van der Waals surface area contributed by atoms with Gasteiger partial charge in [-0.15, -0.1) is 0 Å². The number of hydrogen-bond acceptors (Lipinski definition) is 2. The SMILES string of the molecule is CCCCCCC(C)(CCCC)NC(=O)CN(C)CC. The van der Waals surface area contributed by atoms with Crippen molar-refractivity contribution in [1.29, 1.82) is 0 Å². The summed E-state index contributed by atoms with van der Waals surface area (Å²) in [7, 11) is 1.99. The van der Waals surface area contributed by atoms with Gasteiger partial charge in [0.2, 0.25) is 5.91 Å². The molecule has 1 unspecified atom stereocenters. The number of rotatable bonds is 12. The molecule has 0 saturated heterocycles. The lowest BCUT2D eigenvalue weighted by Crippen LogP contribution is -2.49. The molecule has 0 radical (unpaired) electrons. The minimum Gasteiger partial charge on any atom is -0.350 e. The van der Waals surface area contributed by atoms with Gasteiger partial charge in [-0.05, 0) is 33.4 Å². The first-order chi connectivity index (χ1) is 9.47. The third kappa shape index (κ3) is 9.35. The molecule has 3 nitrogen and oxygen atoms in total. The second-order valence-corrected chi connectivity index (χ2v) is 6.35. The zero-order valence-corrected chi connectivity index (χ0v) is 14.4. The first-order valence-corrected chi connectivity index (χ1v) is 8.47. The largest absolute Gasteiger partial charge is 0.350 e. The van der Waals surface area contributed by atoms with E-state index in [1.54, 1.807) is 0 Å². The molecule has 120 valence electrons. The lowest BCUT2D eigenvalue weighted by Gasteiger charge is -2.32. The predicted octanol–water partition coefficient (Wildman–Crippen LogP) is 3.97. The van der Waals surface area contributed by atoms with Gasteiger partial charge in [0, 0.05) is 5.54 Å². The highest BCUT2D eigenvalue weighted by atomic mass is 16.2. The van der Waals surface area contributed by atoms with Crippen molar-refractivity contribution in [3.8, 4) is 0 Å². The second-order valence-electron chi connectivity index (χ2n) is 6.35. The third-order valence-electron chi connectivity index (χ3n) is 4.06. The summed E-state index contributed by atoms with van der Waals surface area (Å²) in [5.41, 5.74) is -0.0184. The fourth-order valence-corrected chi connectivity index (χ4v) is 2.49. The minimum absolute atomic E-state index is 0.0184. The van der Waals surface area contributed by atoms with Gasteiger partial charge in [0.15, 0.2) is 0 Å². The quantitative estimate of drug-likeness (QED) is 0.550. The number of unbranched alkanes of at least 4 members (excludes halogenated alkanes) is 4. The van der Waals surface area contributed by atoms with Gasteiger partial charge < -0.3 is 5.32 Å². The molecule has 0 bridgehead atoms. The summed E-state index contributed by atoms with van der Waals surface area (Å²) in [4.78, 5) is 14.2. The number of carbonyl (C=O) groups excluding carboxylic acids is 1. The normalized spacial score (nSPS) is 14.3. The van der Waals surface area contributed by atoms with Crippen molar-refractivity contribution in [2.45, 2.75) is 84.6 Å². The van der Waals surface area contributed by atoms with E-state index in [4.69, 9.17) is 0 Å².